The maximum Gasteiger partial charge on any atom is 0.338 e. The third-order valence-corrected chi connectivity index (χ3v) is 4.47. The van der Waals surface area contributed by atoms with Crippen LogP contribution in [-0.4, -0.2) is 43.2 Å². The Labute approximate surface area is 155 Å². The highest BCUT2D eigenvalue weighted by atomic mass is 19.1. The van der Waals surface area contributed by atoms with Crippen LogP contribution < -0.4 is 10.1 Å². The molecule has 0 saturated carbocycles. The topological polar surface area (TPSA) is 84.9 Å². The Bertz CT molecular complexity index is 844. The van der Waals surface area contributed by atoms with E-state index in [0.29, 0.717) is 5.56 Å². The van der Waals surface area contributed by atoms with Gasteiger partial charge < -0.3 is 19.9 Å². The van der Waals surface area contributed by atoms with Gasteiger partial charge in [0.2, 0.25) is 0 Å². The molecule has 1 heterocycles. The molecule has 0 radical (unpaired) electrons. The third-order valence-electron chi connectivity index (χ3n) is 4.47. The minimum absolute atomic E-state index is 0.122. The van der Waals surface area contributed by atoms with Crippen LogP contribution >= 0.6 is 0 Å². The van der Waals surface area contributed by atoms with Crippen molar-refractivity contribution in [2.45, 2.75) is 18.9 Å². The fourth-order valence-corrected chi connectivity index (χ4v) is 2.96. The van der Waals surface area contributed by atoms with Gasteiger partial charge in [0.25, 0.3) is 0 Å². The Morgan fingerprint density at radius 1 is 1.07 bits per heavy atom. The van der Waals surface area contributed by atoms with Crippen molar-refractivity contribution in [3.63, 3.8) is 0 Å². The number of rotatable bonds is 5. The molecule has 1 fully saturated rings. The number of benzene rings is 2. The molecule has 0 unspecified atom stereocenters. The number of ether oxygens (including phenoxy) is 2. The zero-order valence-electron chi connectivity index (χ0n) is 14.8. The Kier molecular flexibility index (Phi) is 5.71. The first kappa shape index (κ1) is 18.8. The molecule has 142 valence electrons. The summed E-state index contributed by atoms with van der Waals surface area (Å²) in [7, 11) is 1.27. The minimum atomic E-state index is -0.933. The second-order valence-corrected chi connectivity index (χ2v) is 6.24. The van der Waals surface area contributed by atoms with Gasteiger partial charge in [0.05, 0.1) is 12.7 Å². The number of esters is 1. The second-order valence-electron chi connectivity index (χ2n) is 6.24. The van der Waals surface area contributed by atoms with Crippen molar-refractivity contribution in [2.75, 3.05) is 20.2 Å². The standard InChI is InChI=1S/C20H20FNO5/c1-26-16-7-6-15(23)17(18(16)21)19(24)12-2-4-13(5-3-12)20(25)27-14-8-10-22-11-9-14/h2-7,14,22-23H,8-11H2,1H3. The molecule has 0 bridgehead atoms. The molecule has 1 aliphatic heterocycles. The van der Waals surface area contributed by atoms with E-state index in [2.05, 4.69) is 5.32 Å². The molecule has 3 rings (SSSR count). The normalized spacial score (nSPS) is 14.6. The third kappa shape index (κ3) is 4.09. The molecular weight excluding hydrogens is 353 g/mol. The van der Waals surface area contributed by atoms with Crippen molar-refractivity contribution < 1.29 is 28.6 Å². The van der Waals surface area contributed by atoms with Gasteiger partial charge in [-0.3, -0.25) is 4.79 Å². The van der Waals surface area contributed by atoms with E-state index in [4.69, 9.17) is 9.47 Å². The van der Waals surface area contributed by atoms with Gasteiger partial charge in [-0.15, -0.1) is 0 Å². The van der Waals surface area contributed by atoms with Gasteiger partial charge in [-0.25, -0.2) is 9.18 Å². The fourth-order valence-electron chi connectivity index (χ4n) is 2.96. The number of phenols is 1. The Morgan fingerprint density at radius 3 is 2.33 bits per heavy atom. The first-order chi connectivity index (χ1) is 13.0. The number of hydrogen-bond acceptors (Lipinski definition) is 6. The Morgan fingerprint density at radius 2 is 1.70 bits per heavy atom. The van der Waals surface area contributed by atoms with Gasteiger partial charge in [-0.2, -0.15) is 0 Å². The van der Waals surface area contributed by atoms with Crippen LogP contribution in [0.25, 0.3) is 0 Å². The summed E-state index contributed by atoms with van der Waals surface area (Å²) in [5.74, 6) is -2.72. The molecule has 0 aromatic heterocycles. The van der Waals surface area contributed by atoms with Crippen LogP contribution in [0.3, 0.4) is 0 Å². The number of hydrogen-bond donors (Lipinski definition) is 2. The average molecular weight is 373 g/mol. The van der Waals surface area contributed by atoms with Gasteiger partial charge in [0.15, 0.2) is 17.3 Å². The number of aromatic hydroxyl groups is 1. The number of ketones is 1. The van der Waals surface area contributed by atoms with Crippen LogP contribution in [0.5, 0.6) is 11.5 Å². The number of carbonyl (C=O) groups excluding carboxylic acids is 2. The summed E-state index contributed by atoms with van der Waals surface area (Å²) in [5, 5.41) is 13.1. The predicted octanol–water partition coefficient (Wildman–Crippen LogP) is 2.68. The molecule has 6 nitrogen and oxygen atoms in total. The maximum atomic E-state index is 14.4. The first-order valence-corrected chi connectivity index (χ1v) is 8.63. The number of phenolic OH excluding ortho intramolecular Hbond substituents is 1. The van der Waals surface area contributed by atoms with E-state index in [9.17, 15) is 19.1 Å². The van der Waals surface area contributed by atoms with Crippen LogP contribution in [0.4, 0.5) is 4.39 Å². The molecule has 27 heavy (non-hydrogen) atoms. The summed E-state index contributed by atoms with van der Waals surface area (Å²) >= 11 is 0. The summed E-state index contributed by atoms with van der Waals surface area (Å²) in [5.41, 5.74) is -0.0318. The average Bonchev–Trinajstić information content (AvgIpc) is 2.69. The van der Waals surface area contributed by atoms with Gasteiger partial charge >= 0.3 is 5.97 Å². The fraction of sp³-hybridized carbons (Fsp3) is 0.300. The first-order valence-electron chi connectivity index (χ1n) is 8.63. The molecular formula is C20H20FNO5. The number of carbonyl (C=O) groups is 2. The molecule has 0 spiro atoms. The van der Waals surface area contributed by atoms with E-state index in [-0.39, 0.29) is 17.4 Å². The molecule has 0 atom stereocenters. The monoisotopic (exact) mass is 373 g/mol. The van der Waals surface area contributed by atoms with Gasteiger partial charge in [-0.1, -0.05) is 12.1 Å². The van der Waals surface area contributed by atoms with Crippen LogP contribution in [0, 0.1) is 5.82 Å². The van der Waals surface area contributed by atoms with E-state index < -0.39 is 28.9 Å². The van der Waals surface area contributed by atoms with Crippen LogP contribution in [0.1, 0.15) is 39.1 Å². The van der Waals surface area contributed by atoms with Crippen molar-refractivity contribution in [3.05, 3.63) is 58.9 Å². The highest BCUT2D eigenvalue weighted by Crippen LogP contribution is 2.30. The lowest BCUT2D eigenvalue weighted by molar-refractivity contribution is 0.0229. The van der Waals surface area contributed by atoms with E-state index in [1.165, 1.54) is 43.5 Å². The van der Waals surface area contributed by atoms with Gasteiger partial charge in [-0.05, 0) is 50.2 Å². The number of methoxy groups -OCH3 is 1. The Hall–Kier alpha value is -2.93. The molecule has 2 aromatic rings. The van der Waals surface area contributed by atoms with Crippen molar-refractivity contribution in [3.8, 4) is 11.5 Å². The van der Waals surface area contributed by atoms with Crippen LogP contribution in [0.15, 0.2) is 36.4 Å². The lowest BCUT2D eigenvalue weighted by atomic mass is 10.00. The van der Waals surface area contributed by atoms with Crippen LogP contribution in [-0.2, 0) is 4.74 Å². The summed E-state index contributed by atoms with van der Waals surface area (Å²) in [6, 6.07) is 8.14. The van der Waals surface area contributed by atoms with Gasteiger partial charge in [0, 0.05) is 5.56 Å². The van der Waals surface area contributed by atoms with Crippen molar-refractivity contribution in [1.82, 2.24) is 5.32 Å². The summed E-state index contributed by atoms with van der Waals surface area (Å²) < 4.78 is 24.6. The van der Waals surface area contributed by atoms with Crippen molar-refractivity contribution in [1.29, 1.82) is 0 Å². The van der Waals surface area contributed by atoms with E-state index in [1.807, 2.05) is 0 Å². The highest BCUT2D eigenvalue weighted by Gasteiger charge is 2.23. The summed E-state index contributed by atoms with van der Waals surface area (Å²) in [4.78, 5) is 24.8. The van der Waals surface area contributed by atoms with Crippen molar-refractivity contribution >= 4 is 11.8 Å². The maximum absolute atomic E-state index is 14.4. The smallest absolute Gasteiger partial charge is 0.338 e. The van der Waals surface area contributed by atoms with Crippen molar-refractivity contribution in [2.24, 2.45) is 0 Å². The summed E-state index contributed by atoms with van der Waals surface area (Å²) in [6.07, 6.45) is 1.40. The van der Waals surface area contributed by atoms with E-state index >= 15 is 0 Å². The number of halogens is 1. The summed E-state index contributed by atoms with van der Waals surface area (Å²) in [6.45, 7) is 1.61. The molecule has 1 saturated heterocycles. The zero-order chi connectivity index (χ0) is 19.4. The molecule has 2 aromatic carbocycles. The van der Waals surface area contributed by atoms with Crippen LogP contribution in [0.2, 0.25) is 0 Å². The van der Waals surface area contributed by atoms with E-state index in [0.717, 1.165) is 25.9 Å². The minimum Gasteiger partial charge on any atom is -0.507 e. The highest BCUT2D eigenvalue weighted by molar-refractivity contribution is 6.11. The Balaban J connectivity index is 1.77. The molecule has 7 heteroatoms. The molecule has 2 N–H and O–H groups in total. The SMILES string of the molecule is COc1ccc(O)c(C(=O)c2ccc(C(=O)OC3CCNCC3)cc2)c1F. The molecule has 0 aliphatic carbocycles. The lowest BCUT2D eigenvalue weighted by Gasteiger charge is -2.22. The molecule has 0 amide bonds. The number of nitrogens with one attached hydrogen (secondary N) is 1. The lowest BCUT2D eigenvalue weighted by Crippen LogP contribution is -2.33. The van der Waals surface area contributed by atoms with E-state index in [1.54, 1.807) is 0 Å². The predicted molar refractivity (Wildman–Crippen MR) is 95.8 cm³/mol. The molecule has 1 aliphatic rings. The number of piperidine rings is 1. The van der Waals surface area contributed by atoms with Gasteiger partial charge in [0.1, 0.15) is 17.4 Å². The largest absolute Gasteiger partial charge is 0.507 e. The second kappa shape index (κ2) is 8.18. The quantitative estimate of drug-likeness (QED) is 0.619. The zero-order valence-corrected chi connectivity index (χ0v) is 14.8.